The summed E-state index contributed by atoms with van der Waals surface area (Å²) in [6.07, 6.45) is 3.64. The van der Waals surface area contributed by atoms with Crippen LogP contribution in [0.1, 0.15) is 51.4 Å². The molecule has 1 unspecified atom stereocenters. The molecule has 4 nitrogen and oxygen atoms in total. The van der Waals surface area contributed by atoms with Crippen molar-refractivity contribution in [3.8, 4) is 0 Å². The summed E-state index contributed by atoms with van der Waals surface area (Å²) in [6.45, 7) is 7.60. The second kappa shape index (κ2) is 8.42. The Kier molecular flexibility index (Phi) is 7.24. The van der Waals surface area contributed by atoms with Crippen LogP contribution >= 0.6 is 11.6 Å². The number of nitrogens with two attached hydrogens (primary N) is 1. The molecule has 0 radical (unpaired) electrons. The van der Waals surface area contributed by atoms with Crippen molar-refractivity contribution in [2.45, 2.75) is 59.4 Å². The normalized spacial score (nSPS) is 12.7. The standard InChI is InChI=1S/C15H26ClN3O/c1-4-13-15(16)14(19(5-2)18-13)10-12(20)7-6-11(3)8-9-17/h11H,4-10,17H2,1-3H3. The second-order valence-corrected chi connectivity index (χ2v) is 5.69. The molecule has 20 heavy (non-hydrogen) atoms. The zero-order valence-corrected chi connectivity index (χ0v) is 13.5. The number of nitrogens with zero attached hydrogens (tertiary/aromatic N) is 2. The summed E-state index contributed by atoms with van der Waals surface area (Å²) in [4.78, 5) is 12.1. The maximum absolute atomic E-state index is 12.1. The maximum Gasteiger partial charge on any atom is 0.138 e. The first-order valence-electron chi connectivity index (χ1n) is 7.49. The lowest BCUT2D eigenvalue weighted by molar-refractivity contribution is -0.118. The van der Waals surface area contributed by atoms with Crippen molar-refractivity contribution in [3.63, 3.8) is 0 Å². The minimum atomic E-state index is 0.230. The molecule has 0 saturated heterocycles. The predicted octanol–water partition coefficient (Wildman–Crippen LogP) is 3.00. The van der Waals surface area contributed by atoms with Gasteiger partial charge in [-0.1, -0.05) is 25.4 Å². The van der Waals surface area contributed by atoms with Crippen molar-refractivity contribution in [2.75, 3.05) is 6.54 Å². The molecule has 0 aliphatic carbocycles. The van der Waals surface area contributed by atoms with Gasteiger partial charge in [-0.15, -0.1) is 0 Å². The Labute approximate surface area is 126 Å². The van der Waals surface area contributed by atoms with Crippen LogP contribution < -0.4 is 5.73 Å². The quantitative estimate of drug-likeness (QED) is 0.762. The molecular formula is C15H26ClN3O. The average molecular weight is 300 g/mol. The summed E-state index contributed by atoms with van der Waals surface area (Å²) in [6, 6.07) is 0. The van der Waals surface area contributed by atoms with Gasteiger partial charge in [-0.3, -0.25) is 9.48 Å². The van der Waals surface area contributed by atoms with E-state index in [0.29, 0.717) is 30.3 Å². The fourth-order valence-corrected chi connectivity index (χ4v) is 2.63. The first kappa shape index (κ1) is 17.2. The van der Waals surface area contributed by atoms with Crippen molar-refractivity contribution in [1.82, 2.24) is 9.78 Å². The number of carbonyl (C=O) groups is 1. The van der Waals surface area contributed by atoms with E-state index in [-0.39, 0.29) is 5.78 Å². The lowest BCUT2D eigenvalue weighted by Gasteiger charge is -2.09. The summed E-state index contributed by atoms with van der Waals surface area (Å²) < 4.78 is 1.85. The molecule has 1 atom stereocenters. The molecule has 5 heteroatoms. The highest BCUT2D eigenvalue weighted by atomic mass is 35.5. The average Bonchev–Trinajstić information content (AvgIpc) is 2.73. The van der Waals surface area contributed by atoms with Crippen molar-refractivity contribution >= 4 is 17.4 Å². The van der Waals surface area contributed by atoms with Gasteiger partial charge >= 0.3 is 0 Å². The SMILES string of the molecule is CCc1nn(CC)c(CC(=O)CCC(C)CCN)c1Cl. The molecule has 1 aromatic rings. The highest BCUT2D eigenvalue weighted by Gasteiger charge is 2.17. The molecule has 114 valence electrons. The van der Waals surface area contributed by atoms with Gasteiger partial charge in [0, 0.05) is 19.4 Å². The number of hydrogen-bond donors (Lipinski definition) is 1. The largest absolute Gasteiger partial charge is 0.330 e. The van der Waals surface area contributed by atoms with Crippen LogP contribution in [0.3, 0.4) is 0 Å². The molecule has 0 aromatic carbocycles. The number of Topliss-reactive ketones (excluding diaryl/α,β-unsaturated/α-hetero) is 1. The second-order valence-electron chi connectivity index (χ2n) is 5.31. The van der Waals surface area contributed by atoms with Crippen LogP contribution in [0.4, 0.5) is 0 Å². The van der Waals surface area contributed by atoms with E-state index in [1.165, 1.54) is 0 Å². The molecule has 0 aliphatic heterocycles. The summed E-state index contributed by atoms with van der Waals surface area (Å²) in [5, 5.41) is 5.10. The van der Waals surface area contributed by atoms with E-state index in [1.54, 1.807) is 0 Å². The van der Waals surface area contributed by atoms with Gasteiger partial charge in [-0.05, 0) is 38.6 Å². The van der Waals surface area contributed by atoms with E-state index < -0.39 is 0 Å². The number of ketones is 1. The van der Waals surface area contributed by atoms with Crippen LogP contribution in [-0.4, -0.2) is 22.1 Å². The van der Waals surface area contributed by atoms with Gasteiger partial charge < -0.3 is 5.73 Å². The first-order valence-corrected chi connectivity index (χ1v) is 7.87. The van der Waals surface area contributed by atoms with E-state index in [0.717, 1.165) is 37.2 Å². The lowest BCUT2D eigenvalue weighted by Crippen LogP contribution is -2.12. The summed E-state index contributed by atoms with van der Waals surface area (Å²) in [5.41, 5.74) is 7.27. The topological polar surface area (TPSA) is 60.9 Å². The Morgan fingerprint density at radius 1 is 1.40 bits per heavy atom. The summed E-state index contributed by atoms with van der Waals surface area (Å²) in [5.74, 6) is 0.731. The van der Waals surface area contributed by atoms with Crippen LogP contribution in [0.15, 0.2) is 0 Å². The molecule has 1 rings (SSSR count). The Bertz CT molecular complexity index is 443. The van der Waals surface area contributed by atoms with Gasteiger partial charge in [0.25, 0.3) is 0 Å². The van der Waals surface area contributed by atoms with Crippen LogP contribution in [0.2, 0.25) is 5.02 Å². The van der Waals surface area contributed by atoms with E-state index in [1.807, 2.05) is 18.5 Å². The third-order valence-electron chi connectivity index (χ3n) is 3.63. The Morgan fingerprint density at radius 2 is 2.10 bits per heavy atom. The van der Waals surface area contributed by atoms with Crippen LogP contribution in [-0.2, 0) is 24.2 Å². The first-order chi connectivity index (χ1) is 9.53. The molecule has 1 aromatic heterocycles. The predicted molar refractivity (Wildman–Crippen MR) is 83.1 cm³/mol. The number of hydrogen-bond acceptors (Lipinski definition) is 3. The molecule has 0 spiro atoms. The summed E-state index contributed by atoms with van der Waals surface area (Å²) >= 11 is 6.31. The van der Waals surface area contributed by atoms with Crippen molar-refractivity contribution < 1.29 is 4.79 Å². The Hall–Kier alpha value is -0.870. The Balaban J connectivity index is 2.63. The van der Waals surface area contributed by atoms with Gasteiger partial charge in [-0.2, -0.15) is 5.10 Å². The van der Waals surface area contributed by atoms with Gasteiger partial charge in [0.15, 0.2) is 0 Å². The highest BCUT2D eigenvalue weighted by molar-refractivity contribution is 6.32. The van der Waals surface area contributed by atoms with Crippen LogP contribution in [0, 0.1) is 5.92 Å². The van der Waals surface area contributed by atoms with Gasteiger partial charge in [0.1, 0.15) is 5.78 Å². The number of rotatable bonds is 9. The maximum atomic E-state index is 12.1. The number of halogens is 1. The minimum Gasteiger partial charge on any atom is -0.330 e. The molecule has 0 fully saturated rings. The third-order valence-corrected chi connectivity index (χ3v) is 4.07. The Morgan fingerprint density at radius 3 is 2.65 bits per heavy atom. The minimum absolute atomic E-state index is 0.230. The fourth-order valence-electron chi connectivity index (χ4n) is 2.30. The number of aryl methyl sites for hydroxylation is 2. The molecule has 2 N–H and O–H groups in total. The van der Waals surface area contributed by atoms with Crippen LogP contribution in [0.25, 0.3) is 0 Å². The number of carbonyl (C=O) groups excluding carboxylic acids is 1. The van der Waals surface area contributed by atoms with Gasteiger partial charge in [0.05, 0.1) is 16.4 Å². The zero-order valence-electron chi connectivity index (χ0n) is 12.8. The van der Waals surface area contributed by atoms with Crippen molar-refractivity contribution in [1.29, 1.82) is 0 Å². The van der Waals surface area contributed by atoms with Crippen LogP contribution in [0.5, 0.6) is 0 Å². The number of aromatic nitrogens is 2. The van der Waals surface area contributed by atoms with E-state index in [2.05, 4.69) is 12.0 Å². The summed E-state index contributed by atoms with van der Waals surface area (Å²) in [7, 11) is 0. The fraction of sp³-hybridized carbons (Fsp3) is 0.733. The van der Waals surface area contributed by atoms with E-state index >= 15 is 0 Å². The molecule has 0 aliphatic rings. The van der Waals surface area contributed by atoms with E-state index in [4.69, 9.17) is 17.3 Å². The monoisotopic (exact) mass is 299 g/mol. The highest BCUT2D eigenvalue weighted by Crippen LogP contribution is 2.23. The zero-order chi connectivity index (χ0) is 15.1. The molecule has 1 heterocycles. The van der Waals surface area contributed by atoms with Crippen molar-refractivity contribution in [3.05, 3.63) is 16.4 Å². The molecule has 0 saturated carbocycles. The molecule has 0 bridgehead atoms. The third kappa shape index (κ3) is 4.60. The molecular weight excluding hydrogens is 274 g/mol. The van der Waals surface area contributed by atoms with E-state index in [9.17, 15) is 4.79 Å². The van der Waals surface area contributed by atoms with Gasteiger partial charge in [-0.25, -0.2) is 0 Å². The molecule has 0 amide bonds. The van der Waals surface area contributed by atoms with Crippen molar-refractivity contribution in [2.24, 2.45) is 11.7 Å². The lowest BCUT2D eigenvalue weighted by atomic mass is 9.99. The smallest absolute Gasteiger partial charge is 0.138 e. The van der Waals surface area contributed by atoms with Gasteiger partial charge in [0.2, 0.25) is 0 Å².